The molecule has 5 nitrogen and oxygen atoms in total. The van der Waals surface area contributed by atoms with Crippen LogP contribution in [0.3, 0.4) is 0 Å². The Balaban J connectivity index is 1.59. The monoisotopic (exact) mass is 306 g/mol. The SMILES string of the molecule is N#Cc1cccnc1N1CCC(NC(=O)c2ccccc2)CC1. The molecule has 23 heavy (non-hydrogen) atoms. The largest absolute Gasteiger partial charge is 0.355 e. The average molecular weight is 306 g/mol. The third-order valence-corrected chi connectivity index (χ3v) is 4.07. The molecule has 1 aliphatic rings. The fourth-order valence-corrected chi connectivity index (χ4v) is 2.83. The van der Waals surface area contributed by atoms with Crippen LogP contribution in [0.4, 0.5) is 5.82 Å². The van der Waals surface area contributed by atoms with Gasteiger partial charge in [0.05, 0.1) is 5.56 Å². The molecule has 1 fully saturated rings. The zero-order valence-corrected chi connectivity index (χ0v) is 12.8. The van der Waals surface area contributed by atoms with Crippen LogP contribution in [0.2, 0.25) is 0 Å². The van der Waals surface area contributed by atoms with E-state index in [9.17, 15) is 10.1 Å². The highest BCUT2D eigenvalue weighted by Crippen LogP contribution is 2.21. The lowest BCUT2D eigenvalue weighted by molar-refractivity contribution is 0.0931. The minimum absolute atomic E-state index is 0.0281. The highest BCUT2D eigenvalue weighted by Gasteiger charge is 2.23. The van der Waals surface area contributed by atoms with Crippen LogP contribution in [0.5, 0.6) is 0 Å². The second kappa shape index (κ2) is 6.93. The number of hydrogen-bond donors (Lipinski definition) is 1. The van der Waals surface area contributed by atoms with Crippen LogP contribution in [0, 0.1) is 11.3 Å². The normalized spacial score (nSPS) is 15.0. The molecule has 1 N–H and O–H groups in total. The standard InChI is InChI=1S/C18H18N4O/c19-13-15-7-4-10-20-17(15)22-11-8-16(9-12-22)21-18(23)14-5-2-1-3-6-14/h1-7,10,16H,8-9,11-12H2,(H,21,23). The molecular formula is C18H18N4O. The molecule has 0 bridgehead atoms. The molecular weight excluding hydrogens is 288 g/mol. The number of rotatable bonds is 3. The number of nitrogens with zero attached hydrogens (tertiary/aromatic N) is 3. The molecule has 1 saturated heterocycles. The molecule has 0 atom stereocenters. The number of nitriles is 1. The van der Waals surface area contributed by atoms with E-state index in [0.717, 1.165) is 31.7 Å². The Morgan fingerprint density at radius 3 is 2.61 bits per heavy atom. The number of anilines is 1. The first-order chi connectivity index (χ1) is 11.3. The maximum atomic E-state index is 12.2. The van der Waals surface area contributed by atoms with Crippen molar-refractivity contribution in [2.45, 2.75) is 18.9 Å². The maximum absolute atomic E-state index is 12.2. The summed E-state index contributed by atoms with van der Waals surface area (Å²) in [6.45, 7) is 1.57. The van der Waals surface area contributed by atoms with E-state index < -0.39 is 0 Å². The van der Waals surface area contributed by atoms with E-state index in [2.05, 4.69) is 21.3 Å². The van der Waals surface area contributed by atoms with Gasteiger partial charge in [-0.15, -0.1) is 0 Å². The van der Waals surface area contributed by atoms with Gasteiger partial charge in [-0.25, -0.2) is 4.98 Å². The molecule has 5 heteroatoms. The van der Waals surface area contributed by atoms with Crippen molar-refractivity contribution in [1.82, 2.24) is 10.3 Å². The molecule has 0 aliphatic carbocycles. The Kier molecular flexibility index (Phi) is 4.53. The highest BCUT2D eigenvalue weighted by molar-refractivity contribution is 5.94. The Hall–Kier alpha value is -2.87. The number of nitrogens with one attached hydrogen (secondary N) is 1. The second-order valence-corrected chi connectivity index (χ2v) is 5.59. The summed E-state index contributed by atoms with van der Waals surface area (Å²) in [5.74, 6) is 0.711. The fraction of sp³-hybridized carbons (Fsp3) is 0.278. The lowest BCUT2D eigenvalue weighted by Crippen LogP contribution is -2.45. The summed E-state index contributed by atoms with van der Waals surface area (Å²) in [5, 5.41) is 12.3. The minimum Gasteiger partial charge on any atom is -0.355 e. The van der Waals surface area contributed by atoms with E-state index in [1.165, 1.54) is 0 Å². The average Bonchev–Trinajstić information content (AvgIpc) is 2.63. The molecule has 3 rings (SSSR count). The van der Waals surface area contributed by atoms with Crippen LogP contribution in [0.1, 0.15) is 28.8 Å². The number of hydrogen-bond acceptors (Lipinski definition) is 4. The predicted molar refractivity (Wildman–Crippen MR) is 88.1 cm³/mol. The van der Waals surface area contributed by atoms with Crippen molar-refractivity contribution in [2.75, 3.05) is 18.0 Å². The molecule has 116 valence electrons. The van der Waals surface area contributed by atoms with Crippen molar-refractivity contribution in [3.8, 4) is 6.07 Å². The molecule has 0 spiro atoms. The van der Waals surface area contributed by atoms with Gasteiger partial charge in [-0.1, -0.05) is 18.2 Å². The number of carbonyl (C=O) groups is 1. The summed E-state index contributed by atoms with van der Waals surface area (Å²) >= 11 is 0. The number of amides is 1. The van der Waals surface area contributed by atoms with Gasteiger partial charge in [-0.2, -0.15) is 5.26 Å². The third-order valence-electron chi connectivity index (χ3n) is 4.07. The number of pyridine rings is 1. The minimum atomic E-state index is -0.0281. The first-order valence-corrected chi connectivity index (χ1v) is 7.74. The summed E-state index contributed by atoms with van der Waals surface area (Å²) in [7, 11) is 0. The van der Waals surface area contributed by atoms with Gasteiger partial charge in [0, 0.05) is 30.9 Å². The third kappa shape index (κ3) is 3.49. The van der Waals surface area contributed by atoms with E-state index in [-0.39, 0.29) is 11.9 Å². The van der Waals surface area contributed by atoms with E-state index in [0.29, 0.717) is 11.1 Å². The Labute approximate surface area is 135 Å². The van der Waals surface area contributed by atoms with Crippen LogP contribution in [-0.4, -0.2) is 30.0 Å². The Morgan fingerprint density at radius 1 is 1.17 bits per heavy atom. The lowest BCUT2D eigenvalue weighted by Gasteiger charge is -2.33. The maximum Gasteiger partial charge on any atom is 0.251 e. The van der Waals surface area contributed by atoms with Gasteiger partial charge < -0.3 is 10.2 Å². The van der Waals surface area contributed by atoms with Crippen molar-refractivity contribution in [2.24, 2.45) is 0 Å². The van der Waals surface area contributed by atoms with Crippen LogP contribution in [0.15, 0.2) is 48.7 Å². The predicted octanol–water partition coefficient (Wildman–Crippen LogP) is 2.35. The highest BCUT2D eigenvalue weighted by atomic mass is 16.1. The molecule has 0 radical (unpaired) electrons. The fourth-order valence-electron chi connectivity index (χ4n) is 2.83. The quantitative estimate of drug-likeness (QED) is 0.945. The Bertz CT molecular complexity index is 715. The van der Waals surface area contributed by atoms with Crippen LogP contribution < -0.4 is 10.2 Å². The number of carbonyl (C=O) groups excluding carboxylic acids is 1. The first-order valence-electron chi connectivity index (χ1n) is 7.74. The lowest BCUT2D eigenvalue weighted by atomic mass is 10.0. The second-order valence-electron chi connectivity index (χ2n) is 5.59. The number of piperidine rings is 1. The van der Waals surface area contributed by atoms with Gasteiger partial charge in [0.1, 0.15) is 11.9 Å². The van der Waals surface area contributed by atoms with Crippen LogP contribution in [0.25, 0.3) is 0 Å². The van der Waals surface area contributed by atoms with Gasteiger partial charge in [-0.05, 0) is 37.1 Å². The van der Waals surface area contributed by atoms with Crippen molar-refractivity contribution < 1.29 is 4.79 Å². The van der Waals surface area contributed by atoms with Gasteiger partial charge in [0.25, 0.3) is 5.91 Å². The van der Waals surface area contributed by atoms with Gasteiger partial charge >= 0.3 is 0 Å². The van der Waals surface area contributed by atoms with Crippen molar-refractivity contribution in [1.29, 1.82) is 5.26 Å². The van der Waals surface area contributed by atoms with E-state index in [1.807, 2.05) is 30.3 Å². The molecule has 1 aliphatic heterocycles. The molecule has 2 aromatic rings. The van der Waals surface area contributed by atoms with Crippen LogP contribution >= 0.6 is 0 Å². The van der Waals surface area contributed by atoms with Crippen molar-refractivity contribution >= 4 is 11.7 Å². The van der Waals surface area contributed by atoms with Crippen LogP contribution in [-0.2, 0) is 0 Å². The molecule has 0 unspecified atom stereocenters. The van der Waals surface area contributed by atoms with Crippen molar-refractivity contribution in [3.05, 3.63) is 59.8 Å². The summed E-state index contributed by atoms with van der Waals surface area (Å²) in [6.07, 6.45) is 3.40. The topological polar surface area (TPSA) is 69.0 Å². The Morgan fingerprint density at radius 2 is 1.91 bits per heavy atom. The summed E-state index contributed by atoms with van der Waals surface area (Å²) in [5.41, 5.74) is 1.28. The number of benzene rings is 1. The summed E-state index contributed by atoms with van der Waals surface area (Å²) < 4.78 is 0. The molecule has 0 saturated carbocycles. The first kappa shape index (κ1) is 15.0. The smallest absolute Gasteiger partial charge is 0.251 e. The summed E-state index contributed by atoms with van der Waals surface area (Å²) in [6, 6.07) is 15.2. The van der Waals surface area contributed by atoms with E-state index >= 15 is 0 Å². The molecule has 1 aromatic carbocycles. The molecule has 1 aromatic heterocycles. The summed E-state index contributed by atoms with van der Waals surface area (Å²) in [4.78, 5) is 18.6. The zero-order chi connectivity index (χ0) is 16.1. The molecule has 1 amide bonds. The molecule has 2 heterocycles. The zero-order valence-electron chi connectivity index (χ0n) is 12.8. The van der Waals surface area contributed by atoms with Crippen molar-refractivity contribution in [3.63, 3.8) is 0 Å². The van der Waals surface area contributed by atoms with Gasteiger partial charge in [-0.3, -0.25) is 4.79 Å². The van der Waals surface area contributed by atoms with E-state index in [4.69, 9.17) is 0 Å². The van der Waals surface area contributed by atoms with Gasteiger partial charge in [0.2, 0.25) is 0 Å². The van der Waals surface area contributed by atoms with E-state index in [1.54, 1.807) is 18.3 Å². The number of aromatic nitrogens is 1. The van der Waals surface area contributed by atoms with Gasteiger partial charge in [0.15, 0.2) is 0 Å².